The van der Waals surface area contributed by atoms with Crippen molar-refractivity contribution in [3.63, 3.8) is 0 Å². The first-order valence-electron chi connectivity index (χ1n) is 5.76. The lowest BCUT2D eigenvalue weighted by molar-refractivity contribution is 0.502. The normalized spacial score (nSPS) is 15.6. The highest BCUT2D eigenvalue weighted by molar-refractivity contribution is 5.42. The summed E-state index contributed by atoms with van der Waals surface area (Å²) in [5.41, 5.74) is 5.20. The van der Waals surface area contributed by atoms with E-state index < -0.39 is 0 Å². The van der Waals surface area contributed by atoms with E-state index in [4.69, 9.17) is 0 Å². The largest absolute Gasteiger partial charge is 0.0646 e. The minimum atomic E-state index is 0.357. The Morgan fingerprint density at radius 1 is 1.21 bits per heavy atom. The van der Waals surface area contributed by atoms with Gasteiger partial charge in [-0.25, -0.2) is 0 Å². The van der Waals surface area contributed by atoms with E-state index in [1.165, 1.54) is 25.7 Å². The summed E-state index contributed by atoms with van der Waals surface area (Å²) in [5, 5.41) is 0. The molecule has 2 rings (SSSR count). The van der Waals surface area contributed by atoms with Gasteiger partial charge in [0, 0.05) is 0 Å². The fourth-order valence-electron chi connectivity index (χ4n) is 2.44. The molecule has 1 aromatic carbocycles. The van der Waals surface area contributed by atoms with Gasteiger partial charge in [0.1, 0.15) is 0 Å². The van der Waals surface area contributed by atoms with Gasteiger partial charge in [0.25, 0.3) is 0 Å². The van der Waals surface area contributed by atoms with Crippen molar-refractivity contribution in [3.05, 3.63) is 34.9 Å². The summed E-state index contributed by atoms with van der Waals surface area (Å²) in [6.45, 7) is 7.01. The van der Waals surface area contributed by atoms with Crippen molar-refractivity contribution in [3.8, 4) is 0 Å². The Kier molecular flexibility index (Phi) is 2.38. The SMILES string of the molecule is CCC(C)(C)c1cccc2c1CCC2. The van der Waals surface area contributed by atoms with Crippen molar-refractivity contribution in [2.45, 2.75) is 51.9 Å². The molecule has 0 unspecified atom stereocenters. The van der Waals surface area contributed by atoms with Crippen LogP contribution in [0, 0.1) is 0 Å². The average molecular weight is 188 g/mol. The number of hydrogen-bond donors (Lipinski definition) is 0. The van der Waals surface area contributed by atoms with Gasteiger partial charge in [-0.15, -0.1) is 0 Å². The number of fused-ring (bicyclic) bond motifs is 1. The molecule has 1 aliphatic carbocycles. The van der Waals surface area contributed by atoms with Gasteiger partial charge in [-0.1, -0.05) is 39.0 Å². The van der Waals surface area contributed by atoms with Crippen molar-refractivity contribution in [1.82, 2.24) is 0 Å². The van der Waals surface area contributed by atoms with E-state index in [0.717, 1.165) is 0 Å². The Hall–Kier alpha value is -0.780. The molecule has 0 N–H and O–H groups in total. The van der Waals surface area contributed by atoms with Crippen LogP contribution in [0.15, 0.2) is 18.2 Å². The molecule has 0 heterocycles. The van der Waals surface area contributed by atoms with Gasteiger partial charge in [0.2, 0.25) is 0 Å². The molecule has 14 heavy (non-hydrogen) atoms. The van der Waals surface area contributed by atoms with E-state index in [1.54, 1.807) is 16.7 Å². The molecule has 0 aliphatic heterocycles. The van der Waals surface area contributed by atoms with Crippen molar-refractivity contribution in [2.75, 3.05) is 0 Å². The highest BCUT2D eigenvalue weighted by Crippen LogP contribution is 2.35. The van der Waals surface area contributed by atoms with Crippen LogP contribution in [0.5, 0.6) is 0 Å². The molecule has 0 amide bonds. The molecule has 1 aromatic rings. The summed E-state index contributed by atoms with van der Waals surface area (Å²) < 4.78 is 0. The quantitative estimate of drug-likeness (QED) is 0.661. The smallest absolute Gasteiger partial charge is 0.0103 e. The number of rotatable bonds is 2. The van der Waals surface area contributed by atoms with Crippen LogP contribution in [0.4, 0.5) is 0 Å². The summed E-state index contributed by atoms with van der Waals surface area (Å²) in [4.78, 5) is 0. The van der Waals surface area contributed by atoms with Crippen LogP contribution in [0.3, 0.4) is 0 Å². The molecule has 0 saturated carbocycles. The first-order chi connectivity index (χ1) is 6.65. The number of benzene rings is 1. The predicted octanol–water partition coefficient (Wildman–Crippen LogP) is 3.86. The molecule has 0 bridgehead atoms. The molecule has 0 spiro atoms. The second-order valence-electron chi connectivity index (χ2n) is 5.03. The van der Waals surface area contributed by atoms with Gasteiger partial charge in [-0.2, -0.15) is 0 Å². The molecule has 1 aliphatic rings. The Morgan fingerprint density at radius 2 is 2.00 bits per heavy atom. The maximum Gasteiger partial charge on any atom is -0.0103 e. The lowest BCUT2D eigenvalue weighted by Gasteiger charge is -2.26. The van der Waals surface area contributed by atoms with Crippen molar-refractivity contribution in [1.29, 1.82) is 0 Å². The Morgan fingerprint density at radius 3 is 2.71 bits per heavy atom. The molecule has 0 saturated heterocycles. The first kappa shape index (κ1) is 9.76. The topological polar surface area (TPSA) is 0 Å². The predicted molar refractivity (Wildman–Crippen MR) is 61.8 cm³/mol. The van der Waals surface area contributed by atoms with Gasteiger partial charge in [0.05, 0.1) is 0 Å². The molecule has 0 radical (unpaired) electrons. The maximum atomic E-state index is 2.36. The molecule has 0 fully saturated rings. The third kappa shape index (κ3) is 1.47. The zero-order chi connectivity index (χ0) is 10.2. The van der Waals surface area contributed by atoms with E-state index in [-0.39, 0.29) is 0 Å². The first-order valence-corrected chi connectivity index (χ1v) is 5.76. The monoisotopic (exact) mass is 188 g/mol. The van der Waals surface area contributed by atoms with Crippen molar-refractivity contribution < 1.29 is 0 Å². The second-order valence-corrected chi connectivity index (χ2v) is 5.03. The van der Waals surface area contributed by atoms with Crippen molar-refractivity contribution in [2.24, 2.45) is 0 Å². The fraction of sp³-hybridized carbons (Fsp3) is 0.571. The minimum absolute atomic E-state index is 0.357. The highest BCUT2D eigenvalue weighted by Gasteiger charge is 2.24. The van der Waals surface area contributed by atoms with E-state index >= 15 is 0 Å². The molecular formula is C14H20. The number of aryl methyl sites for hydroxylation is 1. The summed E-state index contributed by atoms with van der Waals surface area (Å²) in [5.74, 6) is 0. The van der Waals surface area contributed by atoms with Crippen LogP contribution < -0.4 is 0 Å². The Labute approximate surface area is 87.3 Å². The molecular weight excluding hydrogens is 168 g/mol. The molecule has 0 atom stereocenters. The van der Waals surface area contributed by atoms with E-state index in [1.807, 2.05) is 0 Å². The van der Waals surface area contributed by atoms with Crippen LogP contribution in [0.2, 0.25) is 0 Å². The molecule has 0 aromatic heterocycles. The second kappa shape index (κ2) is 3.42. The summed E-state index contributed by atoms with van der Waals surface area (Å²) >= 11 is 0. The third-order valence-electron chi connectivity index (χ3n) is 3.76. The standard InChI is InChI=1S/C14H20/c1-4-14(2,3)13-10-6-8-11-7-5-9-12(11)13/h6,8,10H,4-5,7,9H2,1-3H3. The lowest BCUT2D eigenvalue weighted by atomic mass is 9.79. The minimum Gasteiger partial charge on any atom is -0.0646 e. The third-order valence-corrected chi connectivity index (χ3v) is 3.76. The van der Waals surface area contributed by atoms with Crippen LogP contribution in [-0.2, 0) is 18.3 Å². The lowest BCUT2D eigenvalue weighted by Crippen LogP contribution is -2.17. The van der Waals surface area contributed by atoms with E-state index in [2.05, 4.69) is 39.0 Å². The van der Waals surface area contributed by atoms with Crippen LogP contribution in [0.25, 0.3) is 0 Å². The molecule has 0 nitrogen and oxygen atoms in total. The maximum absolute atomic E-state index is 2.36. The van der Waals surface area contributed by atoms with Crippen molar-refractivity contribution >= 4 is 0 Å². The van der Waals surface area contributed by atoms with E-state index in [9.17, 15) is 0 Å². The van der Waals surface area contributed by atoms with Gasteiger partial charge in [0.15, 0.2) is 0 Å². The summed E-state index contributed by atoms with van der Waals surface area (Å²) in [6.07, 6.45) is 5.17. The zero-order valence-electron chi connectivity index (χ0n) is 9.56. The van der Waals surface area contributed by atoms with Crippen LogP contribution in [-0.4, -0.2) is 0 Å². The van der Waals surface area contributed by atoms with Crippen LogP contribution >= 0.6 is 0 Å². The summed E-state index contributed by atoms with van der Waals surface area (Å²) in [7, 11) is 0. The summed E-state index contributed by atoms with van der Waals surface area (Å²) in [6, 6.07) is 6.86. The van der Waals surface area contributed by atoms with Gasteiger partial charge < -0.3 is 0 Å². The highest BCUT2D eigenvalue weighted by atomic mass is 14.3. The van der Waals surface area contributed by atoms with Gasteiger partial charge in [-0.05, 0) is 47.8 Å². The Balaban J connectivity index is 2.49. The van der Waals surface area contributed by atoms with Crippen LogP contribution in [0.1, 0.15) is 50.3 Å². The molecule has 76 valence electrons. The molecule has 0 heteroatoms. The number of hydrogen-bond acceptors (Lipinski definition) is 0. The van der Waals surface area contributed by atoms with Gasteiger partial charge >= 0.3 is 0 Å². The van der Waals surface area contributed by atoms with Gasteiger partial charge in [-0.3, -0.25) is 0 Å². The average Bonchev–Trinajstić information content (AvgIpc) is 2.64. The fourth-order valence-corrected chi connectivity index (χ4v) is 2.44. The Bertz CT molecular complexity index is 334. The zero-order valence-corrected chi connectivity index (χ0v) is 9.56. The van der Waals surface area contributed by atoms with E-state index in [0.29, 0.717) is 5.41 Å².